The third-order valence-electron chi connectivity index (χ3n) is 3.16. The van der Waals surface area contributed by atoms with E-state index in [0.717, 1.165) is 0 Å². The molecule has 2 amide bonds. The quantitative estimate of drug-likeness (QED) is 0.860. The van der Waals surface area contributed by atoms with Crippen LogP contribution in [0.25, 0.3) is 0 Å². The van der Waals surface area contributed by atoms with Crippen molar-refractivity contribution in [2.75, 3.05) is 18.5 Å². The second kappa shape index (κ2) is 5.16. The van der Waals surface area contributed by atoms with Gasteiger partial charge in [0.25, 0.3) is 0 Å². The fraction of sp³-hybridized carbons (Fsp3) is 0.385. The fourth-order valence-electron chi connectivity index (χ4n) is 2.06. The molecule has 0 spiro atoms. The molecule has 1 heterocycles. The molecule has 4 nitrogen and oxygen atoms in total. The molecule has 1 fully saturated rings. The van der Waals surface area contributed by atoms with E-state index in [9.17, 15) is 14.0 Å². The van der Waals surface area contributed by atoms with Crippen LogP contribution in [0.1, 0.15) is 12.8 Å². The van der Waals surface area contributed by atoms with Crippen LogP contribution in [0.3, 0.4) is 0 Å². The van der Waals surface area contributed by atoms with Gasteiger partial charge in [-0.25, -0.2) is 4.39 Å². The highest BCUT2D eigenvalue weighted by atomic mass is 19.1. The first kappa shape index (κ1) is 12.5. The normalized spacial score (nSPS) is 19.2. The van der Waals surface area contributed by atoms with Gasteiger partial charge in [-0.2, -0.15) is 0 Å². The number of benzene rings is 1. The zero-order valence-corrected chi connectivity index (χ0v) is 10.1. The summed E-state index contributed by atoms with van der Waals surface area (Å²) in [4.78, 5) is 24.5. The Kier molecular flexibility index (Phi) is 3.60. The lowest BCUT2D eigenvalue weighted by Crippen LogP contribution is -2.43. The minimum atomic E-state index is -0.423. The van der Waals surface area contributed by atoms with Crippen molar-refractivity contribution in [3.05, 3.63) is 30.1 Å². The topological polar surface area (TPSA) is 49.4 Å². The molecule has 96 valence electrons. The fourth-order valence-corrected chi connectivity index (χ4v) is 2.06. The van der Waals surface area contributed by atoms with E-state index in [-0.39, 0.29) is 23.4 Å². The predicted octanol–water partition coefficient (Wildman–Crippen LogP) is 1.31. The second-order valence-corrected chi connectivity index (χ2v) is 4.39. The van der Waals surface area contributed by atoms with Crippen LogP contribution in [-0.4, -0.2) is 25.4 Å². The molecular weight excluding hydrogens is 235 g/mol. The molecule has 18 heavy (non-hydrogen) atoms. The number of amides is 2. The maximum atomic E-state index is 13.6. The Labute approximate surface area is 105 Å². The van der Waals surface area contributed by atoms with E-state index in [0.29, 0.717) is 19.4 Å². The van der Waals surface area contributed by atoms with Crippen molar-refractivity contribution in [1.82, 2.24) is 5.32 Å². The third-order valence-corrected chi connectivity index (χ3v) is 3.16. The molecule has 2 rings (SSSR count). The van der Waals surface area contributed by atoms with Gasteiger partial charge in [0.15, 0.2) is 0 Å². The summed E-state index contributed by atoms with van der Waals surface area (Å²) in [6, 6.07) is 6.15. The van der Waals surface area contributed by atoms with Crippen LogP contribution >= 0.6 is 0 Å². The van der Waals surface area contributed by atoms with Gasteiger partial charge in [0, 0.05) is 20.0 Å². The average molecular weight is 250 g/mol. The monoisotopic (exact) mass is 250 g/mol. The largest absolute Gasteiger partial charge is 0.355 e. The molecule has 0 radical (unpaired) electrons. The minimum Gasteiger partial charge on any atom is -0.355 e. The van der Waals surface area contributed by atoms with Gasteiger partial charge in [-0.15, -0.1) is 0 Å². The SMILES string of the molecule is CN(C(=O)C1CCC(=O)NC1)c1ccccc1F. The van der Waals surface area contributed by atoms with Crippen LogP contribution in [-0.2, 0) is 9.59 Å². The molecule has 1 atom stereocenters. The van der Waals surface area contributed by atoms with Crippen molar-refractivity contribution in [2.45, 2.75) is 12.8 Å². The first-order valence-corrected chi connectivity index (χ1v) is 5.88. The number of halogens is 1. The predicted molar refractivity (Wildman–Crippen MR) is 65.5 cm³/mol. The zero-order valence-electron chi connectivity index (χ0n) is 10.1. The Morgan fingerprint density at radius 1 is 1.44 bits per heavy atom. The van der Waals surface area contributed by atoms with Gasteiger partial charge >= 0.3 is 0 Å². The molecule has 1 N–H and O–H groups in total. The van der Waals surface area contributed by atoms with Crippen molar-refractivity contribution in [3.8, 4) is 0 Å². The van der Waals surface area contributed by atoms with E-state index >= 15 is 0 Å². The number of piperidine rings is 1. The van der Waals surface area contributed by atoms with Crippen LogP contribution < -0.4 is 10.2 Å². The van der Waals surface area contributed by atoms with Gasteiger partial charge in [-0.05, 0) is 18.6 Å². The summed E-state index contributed by atoms with van der Waals surface area (Å²) in [6.45, 7) is 0.330. The molecule has 1 aliphatic heterocycles. The van der Waals surface area contributed by atoms with Gasteiger partial charge in [0.05, 0.1) is 11.6 Å². The lowest BCUT2D eigenvalue weighted by atomic mass is 9.97. The number of carbonyl (C=O) groups excluding carboxylic acids is 2. The Morgan fingerprint density at radius 3 is 2.78 bits per heavy atom. The molecule has 0 aromatic heterocycles. The number of hydrogen-bond acceptors (Lipinski definition) is 2. The first-order chi connectivity index (χ1) is 8.59. The molecule has 1 aromatic carbocycles. The smallest absolute Gasteiger partial charge is 0.231 e. The van der Waals surface area contributed by atoms with E-state index in [1.165, 1.54) is 11.0 Å². The number of hydrogen-bond donors (Lipinski definition) is 1. The summed E-state index contributed by atoms with van der Waals surface area (Å²) >= 11 is 0. The van der Waals surface area contributed by atoms with Gasteiger partial charge < -0.3 is 10.2 Å². The van der Waals surface area contributed by atoms with Crippen molar-refractivity contribution < 1.29 is 14.0 Å². The van der Waals surface area contributed by atoms with E-state index in [4.69, 9.17) is 0 Å². The van der Waals surface area contributed by atoms with Crippen LogP contribution in [0.4, 0.5) is 10.1 Å². The van der Waals surface area contributed by atoms with Crippen molar-refractivity contribution in [3.63, 3.8) is 0 Å². The number of carbonyl (C=O) groups is 2. The molecule has 0 bridgehead atoms. The van der Waals surface area contributed by atoms with Gasteiger partial charge in [-0.1, -0.05) is 12.1 Å². The van der Waals surface area contributed by atoms with Gasteiger partial charge in [-0.3, -0.25) is 9.59 Å². The first-order valence-electron chi connectivity index (χ1n) is 5.88. The summed E-state index contributed by atoms with van der Waals surface area (Å²) in [7, 11) is 1.55. The summed E-state index contributed by atoms with van der Waals surface area (Å²) in [5.41, 5.74) is 0.263. The second-order valence-electron chi connectivity index (χ2n) is 4.39. The summed E-state index contributed by atoms with van der Waals surface area (Å²) in [5, 5.41) is 2.65. The lowest BCUT2D eigenvalue weighted by molar-refractivity contribution is -0.127. The maximum absolute atomic E-state index is 13.6. The van der Waals surface area contributed by atoms with Crippen LogP contribution in [0, 0.1) is 11.7 Å². The average Bonchev–Trinajstić information content (AvgIpc) is 2.38. The number of para-hydroxylation sites is 1. The number of rotatable bonds is 2. The highest BCUT2D eigenvalue weighted by molar-refractivity contribution is 5.95. The molecule has 1 aliphatic rings. The number of nitrogens with zero attached hydrogens (tertiary/aromatic N) is 1. The Morgan fingerprint density at radius 2 is 2.17 bits per heavy atom. The summed E-state index contributed by atoms with van der Waals surface area (Å²) < 4.78 is 13.6. The van der Waals surface area contributed by atoms with E-state index in [2.05, 4.69) is 5.32 Å². The Hall–Kier alpha value is -1.91. The Bertz CT molecular complexity index is 466. The third kappa shape index (κ3) is 2.50. The number of nitrogens with one attached hydrogen (secondary N) is 1. The van der Waals surface area contributed by atoms with E-state index in [1.807, 2.05) is 0 Å². The molecule has 1 saturated heterocycles. The molecule has 5 heteroatoms. The zero-order chi connectivity index (χ0) is 13.1. The highest BCUT2D eigenvalue weighted by Gasteiger charge is 2.28. The van der Waals surface area contributed by atoms with E-state index in [1.54, 1.807) is 25.2 Å². The number of anilines is 1. The minimum absolute atomic E-state index is 0.0346. The summed E-state index contributed by atoms with van der Waals surface area (Å²) in [5.74, 6) is -0.895. The molecule has 1 unspecified atom stereocenters. The van der Waals surface area contributed by atoms with Crippen molar-refractivity contribution in [2.24, 2.45) is 5.92 Å². The van der Waals surface area contributed by atoms with Crippen molar-refractivity contribution >= 4 is 17.5 Å². The maximum Gasteiger partial charge on any atom is 0.231 e. The standard InChI is InChI=1S/C13H15FN2O2/c1-16(11-5-3-2-4-10(11)14)13(18)9-6-7-12(17)15-8-9/h2-5,9H,6-8H2,1H3,(H,15,17). The van der Waals surface area contributed by atoms with Crippen LogP contribution in [0.15, 0.2) is 24.3 Å². The van der Waals surface area contributed by atoms with E-state index < -0.39 is 5.82 Å². The van der Waals surface area contributed by atoms with Crippen molar-refractivity contribution in [1.29, 1.82) is 0 Å². The van der Waals surface area contributed by atoms with Crippen LogP contribution in [0.5, 0.6) is 0 Å². The van der Waals surface area contributed by atoms with Gasteiger partial charge in [0.1, 0.15) is 5.82 Å². The molecule has 1 aromatic rings. The Balaban J connectivity index is 2.09. The van der Waals surface area contributed by atoms with Gasteiger partial charge in [0.2, 0.25) is 11.8 Å². The highest BCUT2D eigenvalue weighted by Crippen LogP contribution is 2.21. The molecule has 0 aliphatic carbocycles. The molecular formula is C13H15FN2O2. The lowest BCUT2D eigenvalue weighted by Gasteiger charge is -2.26. The van der Waals surface area contributed by atoms with Crippen LogP contribution in [0.2, 0.25) is 0 Å². The summed E-state index contributed by atoms with van der Waals surface area (Å²) in [6.07, 6.45) is 0.866. The molecule has 0 saturated carbocycles.